The molecule has 0 aliphatic rings. The van der Waals surface area contributed by atoms with Gasteiger partial charge in [0.2, 0.25) is 0 Å². The molecule has 2 N–H and O–H groups in total. The second kappa shape index (κ2) is 5.01. The van der Waals surface area contributed by atoms with Crippen molar-refractivity contribution in [2.45, 2.75) is 6.92 Å². The molecule has 0 heterocycles. The van der Waals surface area contributed by atoms with Crippen LogP contribution < -0.4 is 5.73 Å². The lowest BCUT2D eigenvalue weighted by Gasteiger charge is -2.01. The van der Waals surface area contributed by atoms with Crippen LogP contribution in [0.25, 0.3) is 0 Å². The van der Waals surface area contributed by atoms with Crippen molar-refractivity contribution in [3.63, 3.8) is 0 Å². The van der Waals surface area contributed by atoms with Crippen molar-refractivity contribution in [3.8, 4) is 0 Å². The Bertz CT molecular complexity index is 333. The quantitative estimate of drug-likeness (QED) is 0.569. The Morgan fingerprint density at radius 2 is 2.07 bits per heavy atom. The van der Waals surface area contributed by atoms with Gasteiger partial charge in [0.1, 0.15) is 6.61 Å². The highest BCUT2D eigenvalue weighted by Crippen LogP contribution is 2.01. The highest BCUT2D eigenvalue weighted by Gasteiger charge is 2.09. The normalized spacial score (nSPS) is 11.1. The minimum absolute atomic E-state index is 0.146. The molecule has 1 aromatic carbocycles. The second-order valence-electron chi connectivity index (χ2n) is 2.59. The molecule has 0 spiro atoms. The van der Waals surface area contributed by atoms with E-state index in [-0.39, 0.29) is 5.71 Å². The van der Waals surface area contributed by atoms with E-state index >= 15 is 0 Å². The summed E-state index contributed by atoms with van der Waals surface area (Å²) in [7, 11) is 0. The number of carbonyl (C=O) groups is 1. The number of primary amides is 1. The number of amides is 1. The smallest absolute Gasteiger partial charge is 0.271 e. The van der Waals surface area contributed by atoms with Gasteiger partial charge in [-0.2, -0.15) is 0 Å². The van der Waals surface area contributed by atoms with Crippen molar-refractivity contribution in [2.24, 2.45) is 10.9 Å². The summed E-state index contributed by atoms with van der Waals surface area (Å²) in [6, 6.07) is 8.97. The summed E-state index contributed by atoms with van der Waals surface area (Å²) >= 11 is 0. The van der Waals surface area contributed by atoms with Crippen molar-refractivity contribution < 1.29 is 9.63 Å². The molecule has 0 aliphatic heterocycles. The zero-order valence-corrected chi connectivity index (χ0v) is 7.93. The van der Waals surface area contributed by atoms with Gasteiger partial charge in [-0.05, 0) is 6.92 Å². The second-order valence-corrected chi connectivity index (χ2v) is 2.59. The standard InChI is InChI=1S/C10H12N2O2/c1-2-14-12-9(10(11)13)8-6-4-3-5-7-8/h3-7H,2H2,1H3,(H2,11,13). The van der Waals surface area contributed by atoms with E-state index in [1.165, 1.54) is 0 Å². The molecule has 0 atom stereocenters. The van der Waals surface area contributed by atoms with E-state index in [1.807, 2.05) is 6.07 Å². The zero-order valence-electron chi connectivity index (χ0n) is 7.93. The van der Waals surface area contributed by atoms with Gasteiger partial charge in [0.15, 0.2) is 5.71 Å². The van der Waals surface area contributed by atoms with Crippen molar-refractivity contribution in [2.75, 3.05) is 6.61 Å². The lowest BCUT2D eigenvalue weighted by molar-refractivity contribution is -0.112. The predicted octanol–water partition coefficient (Wildman–Crippen LogP) is 0.912. The fourth-order valence-electron chi connectivity index (χ4n) is 0.965. The third kappa shape index (κ3) is 2.58. The van der Waals surface area contributed by atoms with Gasteiger partial charge in [-0.3, -0.25) is 4.79 Å². The van der Waals surface area contributed by atoms with Gasteiger partial charge in [-0.15, -0.1) is 0 Å². The van der Waals surface area contributed by atoms with Crippen LogP contribution in [0.15, 0.2) is 35.5 Å². The average molecular weight is 192 g/mol. The van der Waals surface area contributed by atoms with E-state index in [1.54, 1.807) is 31.2 Å². The summed E-state index contributed by atoms with van der Waals surface area (Å²) < 4.78 is 0. The van der Waals surface area contributed by atoms with Crippen LogP contribution in [0.4, 0.5) is 0 Å². The molecule has 74 valence electrons. The first-order valence-corrected chi connectivity index (χ1v) is 4.31. The molecule has 14 heavy (non-hydrogen) atoms. The Balaban J connectivity index is 2.95. The molecule has 0 fully saturated rings. The predicted molar refractivity (Wildman–Crippen MR) is 53.8 cm³/mol. The monoisotopic (exact) mass is 192 g/mol. The first kappa shape index (κ1) is 10.2. The van der Waals surface area contributed by atoms with E-state index in [4.69, 9.17) is 10.6 Å². The Morgan fingerprint density at radius 1 is 1.43 bits per heavy atom. The molecule has 0 bridgehead atoms. The van der Waals surface area contributed by atoms with Gasteiger partial charge in [0, 0.05) is 5.56 Å². The molecule has 0 radical (unpaired) electrons. The van der Waals surface area contributed by atoms with E-state index < -0.39 is 5.91 Å². The number of benzene rings is 1. The first-order valence-electron chi connectivity index (χ1n) is 4.31. The van der Waals surface area contributed by atoms with E-state index in [0.717, 1.165) is 0 Å². The van der Waals surface area contributed by atoms with Crippen LogP contribution in [0.5, 0.6) is 0 Å². The number of carbonyl (C=O) groups excluding carboxylic acids is 1. The molecule has 0 aromatic heterocycles. The Morgan fingerprint density at radius 3 is 2.57 bits per heavy atom. The third-order valence-corrected chi connectivity index (χ3v) is 1.57. The van der Waals surface area contributed by atoms with Crippen molar-refractivity contribution >= 4 is 11.6 Å². The topological polar surface area (TPSA) is 64.7 Å². The van der Waals surface area contributed by atoms with Crippen LogP contribution >= 0.6 is 0 Å². The third-order valence-electron chi connectivity index (χ3n) is 1.57. The fourth-order valence-corrected chi connectivity index (χ4v) is 0.965. The molecule has 1 aromatic rings. The number of nitrogens with two attached hydrogens (primary N) is 1. The molecule has 0 saturated carbocycles. The van der Waals surface area contributed by atoms with Crippen LogP contribution in [0.1, 0.15) is 12.5 Å². The highest BCUT2D eigenvalue weighted by molar-refractivity contribution is 6.44. The number of nitrogens with zero attached hydrogens (tertiary/aromatic N) is 1. The number of oxime groups is 1. The number of hydrogen-bond acceptors (Lipinski definition) is 3. The zero-order chi connectivity index (χ0) is 10.4. The summed E-state index contributed by atoms with van der Waals surface area (Å²) in [6.45, 7) is 2.19. The molecular weight excluding hydrogens is 180 g/mol. The van der Waals surface area contributed by atoms with Crippen LogP contribution in [0.2, 0.25) is 0 Å². The fraction of sp³-hybridized carbons (Fsp3) is 0.200. The molecular formula is C10H12N2O2. The maximum atomic E-state index is 11.0. The molecule has 0 unspecified atom stereocenters. The van der Waals surface area contributed by atoms with Crippen LogP contribution in [-0.4, -0.2) is 18.2 Å². The summed E-state index contributed by atoms with van der Waals surface area (Å²) in [6.07, 6.45) is 0. The summed E-state index contributed by atoms with van der Waals surface area (Å²) in [5, 5.41) is 3.65. The van der Waals surface area contributed by atoms with Gasteiger partial charge in [0.25, 0.3) is 5.91 Å². The minimum atomic E-state index is -0.593. The van der Waals surface area contributed by atoms with Gasteiger partial charge in [0.05, 0.1) is 0 Å². The largest absolute Gasteiger partial charge is 0.395 e. The molecule has 4 heteroatoms. The van der Waals surface area contributed by atoms with Crippen molar-refractivity contribution in [1.82, 2.24) is 0 Å². The maximum absolute atomic E-state index is 11.0. The Kier molecular flexibility index (Phi) is 3.67. The maximum Gasteiger partial charge on any atom is 0.271 e. The van der Waals surface area contributed by atoms with Crippen molar-refractivity contribution in [1.29, 1.82) is 0 Å². The molecule has 0 saturated heterocycles. The van der Waals surface area contributed by atoms with Crippen LogP contribution in [-0.2, 0) is 9.63 Å². The van der Waals surface area contributed by atoms with E-state index in [0.29, 0.717) is 12.2 Å². The first-order chi connectivity index (χ1) is 6.75. The Hall–Kier alpha value is -1.84. The molecule has 4 nitrogen and oxygen atoms in total. The lowest BCUT2D eigenvalue weighted by Crippen LogP contribution is -2.24. The molecule has 1 rings (SSSR count). The molecule has 0 aliphatic carbocycles. The van der Waals surface area contributed by atoms with Gasteiger partial charge in [-0.25, -0.2) is 0 Å². The molecule has 1 amide bonds. The van der Waals surface area contributed by atoms with Gasteiger partial charge in [-0.1, -0.05) is 35.5 Å². The summed E-state index contributed by atoms with van der Waals surface area (Å²) in [5.74, 6) is -0.593. The SMILES string of the molecule is CCON=C(C(N)=O)c1ccccc1. The van der Waals surface area contributed by atoms with Crippen LogP contribution in [0.3, 0.4) is 0 Å². The number of hydrogen-bond donors (Lipinski definition) is 1. The number of rotatable bonds is 4. The van der Waals surface area contributed by atoms with Crippen LogP contribution in [0, 0.1) is 0 Å². The lowest BCUT2D eigenvalue weighted by atomic mass is 10.1. The van der Waals surface area contributed by atoms with E-state index in [2.05, 4.69) is 5.16 Å². The average Bonchev–Trinajstić information content (AvgIpc) is 2.19. The van der Waals surface area contributed by atoms with E-state index in [9.17, 15) is 4.79 Å². The van der Waals surface area contributed by atoms with Crippen molar-refractivity contribution in [3.05, 3.63) is 35.9 Å². The Labute approximate surface area is 82.4 Å². The highest BCUT2D eigenvalue weighted by atomic mass is 16.6. The van der Waals surface area contributed by atoms with Gasteiger partial charge >= 0.3 is 0 Å². The minimum Gasteiger partial charge on any atom is -0.395 e. The summed E-state index contributed by atoms with van der Waals surface area (Å²) in [4.78, 5) is 15.8. The van der Waals surface area contributed by atoms with Gasteiger partial charge < -0.3 is 10.6 Å². The summed E-state index contributed by atoms with van der Waals surface area (Å²) in [5.41, 5.74) is 5.97.